The molecular weight excluding hydrogens is 465 g/mol. The van der Waals surface area contributed by atoms with Crippen LogP contribution in [0.2, 0.25) is 0 Å². The summed E-state index contributed by atoms with van der Waals surface area (Å²) >= 11 is 0. The van der Waals surface area contributed by atoms with Crippen LogP contribution in [0.25, 0.3) is 0 Å². The SMILES string of the molecule is COC(=O)CC1CC[C@@H]2[C@H](CC[C@]3(C)C(OS(=O)(=O)C(F)(F)F)=CC[C@@H]23)[C@@]1(C)CC(=O)OC. The maximum absolute atomic E-state index is 12.9. The second-order valence-electron chi connectivity index (χ2n) is 9.93. The summed E-state index contributed by atoms with van der Waals surface area (Å²) in [5.74, 6) is -1.05. The zero-order valence-corrected chi connectivity index (χ0v) is 20.1. The molecule has 0 bridgehead atoms. The summed E-state index contributed by atoms with van der Waals surface area (Å²) in [7, 11) is -3.12. The van der Waals surface area contributed by atoms with Gasteiger partial charge in [-0.2, -0.15) is 21.6 Å². The van der Waals surface area contributed by atoms with E-state index >= 15 is 0 Å². The number of ether oxygens (including phenoxy) is 2. The number of allylic oxidation sites excluding steroid dienone is 2. The summed E-state index contributed by atoms with van der Waals surface area (Å²) in [6.45, 7) is 3.74. The van der Waals surface area contributed by atoms with Crippen molar-refractivity contribution in [1.29, 1.82) is 0 Å². The molecule has 7 nitrogen and oxygen atoms in total. The van der Waals surface area contributed by atoms with Gasteiger partial charge in [0.25, 0.3) is 0 Å². The predicted octanol–water partition coefficient (Wildman–Crippen LogP) is 4.33. The van der Waals surface area contributed by atoms with Crippen LogP contribution in [0.4, 0.5) is 13.2 Å². The van der Waals surface area contributed by atoms with Gasteiger partial charge in [0.05, 0.1) is 20.6 Å². The van der Waals surface area contributed by atoms with Crippen molar-refractivity contribution < 1.29 is 44.8 Å². The van der Waals surface area contributed by atoms with Crippen LogP contribution >= 0.6 is 0 Å². The van der Waals surface area contributed by atoms with Crippen molar-refractivity contribution in [1.82, 2.24) is 0 Å². The first kappa shape index (κ1) is 25.8. The smallest absolute Gasteiger partial charge is 0.469 e. The van der Waals surface area contributed by atoms with E-state index in [0.717, 1.165) is 6.42 Å². The van der Waals surface area contributed by atoms with E-state index in [4.69, 9.17) is 9.47 Å². The fourth-order valence-corrected chi connectivity index (χ4v) is 7.23. The molecule has 3 aliphatic carbocycles. The summed E-state index contributed by atoms with van der Waals surface area (Å²) in [5, 5.41) is 0. The summed E-state index contributed by atoms with van der Waals surface area (Å²) in [6, 6.07) is 0. The van der Waals surface area contributed by atoms with E-state index in [1.54, 1.807) is 6.92 Å². The molecule has 0 saturated heterocycles. The second-order valence-corrected chi connectivity index (χ2v) is 11.5. The lowest BCUT2D eigenvalue weighted by molar-refractivity contribution is -0.157. The van der Waals surface area contributed by atoms with Crippen LogP contribution < -0.4 is 0 Å². The standard InChI is InChI=1S/C22H31F3O7S/c1-20-10-9-16-14(15(20)7-8-17(20)32-33(28,29)22(23,24)25)6-5-13(11-18(26)30-3)21(16,2)12-19(27)31-4/h8,13-16H,5-7,9-12H2,1-4H3/t13?,14-,15-,16-,20-,21-/m0/s1. The van der Waals surface area contributed by atoms with Gasteiger partial charge in [0.15, 0.2) is 0 Å². The van der Waals surface area contributed by atoms with Gasteiger partial charge in [-0.1, -0.05) is 13.8 Å². The molecule has 11 heteroatoms. The Labute approximate surface area is 192 Å². The third-order valence-electron chi connectivity index (χ3n) is 8.45. The molecule has 0 spiro atoms. The van der Waals surface area contributed by atoms with Crippen LogP contribution in [-0.2, 0) is 33.4 Å². The van der Waals surface area contributed by atoms with Crippen LogP contribution in [0.3, 0.4) is 0 Å². The van der Waals surface area contributed by atoms with Crippen molar-refractivity contribution in [2.45, 2.75) is 64.3 Å². The molecule has 33 heavy (non-hydrogen) atoms. The number of carbonyl (C=O) groups excluding carboxylic acids is 2. The van der Waals surface area contributed by atoms with Gasteiger partial charge in [-0.05, 0) is 67.3 Å². The molecule has 3 rings (SSSR count). The Bertz CT molecular complexity index is 929. The molecule has 2 fully saturated rings. The van der Waals surface area contributed by atoms with Crippen molar-refractivity contribution in [2.24, 2.45) is 34.5 Å². The van der Waals surface area contributed by atoms with Crippen LogP contribution in [0.15, 0.2) is 11.8 Å². The van der Waals surface area contributed by atoms with Gasteiger partial charge in [-0.15, -0.1) is 0 Å². The minimum Gasteiger partial charge on any atom is -0.469 e. The highest BCUT2D eigenvalue weighted by molar-refractivity contribution is 7.87. The summed E-state index contributed by atoms with van der Waals surface area (Å²) in [6.07, 6.45) is 4.50. The first-order valence-corrected chi connectivity index (χ1v) is 12.5. The van der Waals surface area contributed by atoms with Gasteiger partial charge in [-0.25, -0.2) is 0 Å². The first-order chi connectivity index (χ1) is 15.2. The molecule has 0 radical (unpaired) electrons. The van der Waals surface area contributed by atoms with Crippen molar-refractivity contribution in [3.63, 3.8) is 0 Å². The Kier molecular flexibility index (Phi) is 6.87. The number of fused-ring (bicyclic) bond motifs is 3. The average molecular weight is 497 g/mol. The molecule has 0 aromatic rings. The van der Waals surface area contributed by atoms with Gasteiger partial charge in [0.2, 0.25) is 0 Å². The van der Waals surface area contributed by atoms with Crippen LogP contribution in [0, 0.1) is 34.5 Å². The molecule has 1 unspecified atom stereocenters. The number of rotatable bonds is 6. The molecule has 0 amide bonds. The fraction of sp³-hybridized carbons (Fsp3) is 0.818. The highest BCUT2D eigenvalue weighted by atomic mass is 32.2. The van der Waals surface area contributed by atoms with Crippen molar-refractivity contribution in [3.05, 3.63) is 11.8 Å². The van der Waals surface area contributed by atoms with Gasteiger partial charge < -0.3 is 13.7 Å². The Morgan fingerprint density at radius 1 is 1.06 bits per heavy atom. The van der Waals surface area contributed by atoms with Gasteiger partial charge in [-0.3, -0.25) is 9.59 Å². The maximum Gasteiger partial charge on any atom is 0.534 e. The quantitative estimate of drug-likeness (QED) is 0.307. The Hall–Kier alpha value is -1.78. The van der Waals surface area contributed by atoms with E-state index in [9.17, 15) is 31.2 Å². The molecule has 6 atom stereocenters. The summed E-state index contributed by atoms with van der Waals surface area (Å²) in [4.78, 5) is 24.4. The topological polar surface area (TPSA) is 96.0 Å². The van der Waals surface area contributed by atoms with Crippen LogP contribution in [0.5, 0.6) is 0 Å². The van der Waals surface area contributed by atoms with Crippen LogP contribution in [-0.4, -0.2) is 40.1 Å². The number of alkyl halides is 3. The van der Waals surface area contributed by atoms with E-state index in [1.807, 2.05) is 6.92 Å². The Balaban J connectivity index is 1.88. The minimum atomic E-state index is -5.75. The van der Waals surface area contributed by atoms with E-state index in [1.165, 1.54) is 20.3 Å². The van der Waals surface area contributed by atoms with Gasteiger partial charge in [0.1, 0.15) is 5.76 Å². The monoisotopic (exact) mass is 496 g/mol. The molecule has 3 aliphatic rings. The lowest BCUT2D eigenvalue weighted by atomic mass is 9.46. The second kappa shape index (κ2) is 8.78. The number of halogens is 3. The number of hydrogen-bond acceptors (Lipinski definition) is 7. The molecule has 188 valence electrons. The largest absolute Gasteiger partial charge is 0.534 e. The number of hydrogen-bond donors (Lipinski definition) is 0. The molecule has 0 aromatic heterocycles. The normalized spacial score (nSPS) is 36.3. The first-order valence-electron chi connectivity index (χ1n) is 11.0. The summed E-state index contributed by atoms with van der Waals surface area (Å²) < 4.78 is 76.5. The minimum absolute atomic E-state index is 0.0186. The zero-order valence-electron chi connectivity index (χ0n) is 19.2. The number of methoxy groups -OCH3 is 2. The van der Waals surface area contributed by atoms with Crippen molar-refractivity contribution in [2.75, 3.05) is 14.2 Å². The average Bonchev–Trinajstić information content (AvgIpc) is 3.04. The fourth-order valence-electron chi connectivity index (χ4n) is 6.64. The highest BCUT2D eigenvalue weighted by Crippen LogP contribution is 2.65. The molecule has 0 N–H and O–H groups in total. The molecule has 0 aliphatic heterocycles. The molecule has 0 heterocycles. The lowest BCUT2D eigenvalue weighted by Gasteiger charge is -2.58. The van der Waals surface area contributed by atoms with E-state index in [0.29, 0.717) is 25.7 Å². The zero-order chi connectivity index (χ0) is 24.8. The number of esters is 2. The lowest BCUT2D eigenvalue weighted by Crippen LogP contribution is -2.52. The Morgan fingerprint density at radius 3 is 2.27 bits per heavy atom. The van der Waals surface area contributed by atoms with Gasteiger partial charge in [0, 0.05) is 11.8 Å². The predicted molar refractivity (Wildman–Crippen MR) is 111 cm³/mol. The molecular formula is C22H31F3O7S. The maximum atomic E-state index is 12.9. The van der Waals surface area contributed by atoms with Crippen molar-refractivity contribution >= 4 is 22.1 Å². The van der Waals surface area contributed by atoms with Crippen LogP contribution in [0.1, 0.15) is 58.8 Å². The van der Waals surface area contributed by atoms with Crippen molar-refractivity contribution in [3.8, 4) is 0 Å². The van der Waals surface area contributed by atoms with E-state index in [-0.39, 0.29) is 54.2 Å². The third-order valence-corrected chi connectivity index (χ3v) is 9.42. The van der Waals surface area contributed by atoms with E-state index in [2.05, 4.69) is 4.18 Å². The molecule has 0 aromatic carbocycles. The summed E-state index contributed by atoms with van der Waals surface area (Å²) in [5.41, 5.74) is -6.90. The molecule has 2 saturated carbocycles. The van der Waals surface area contributed by atoms with Gasteiger partial charge >= 0.3 is 27.6 Å². The number of carbonyl (C=O) groups is 2. The van der Waals surface area contributed by atoms with E-state index < -0.39 is 26.5 Å². The third kappa shape index (κ3) is 4.49. The highest BCUT2D eigenvalue weighted by Gasteiger charge is 2.60. The Morgan fingerprint density at radius 2 is 1.70 bits per heavy atom.